The average Bonchev–Trinajstić information content (AvgIpc) is 3.59. The normalized spacial score (nSPS) is 38.3. The van der Waals surface area contributed by atoms with E-state index in [-0.39, 0.29) is 22.2 Å². The van der Waals surface area contributed by atoms with Crippen LogP contribution in [0.1, 0.15) is 106 Å². The van der Waals surface area contributed by atoms with E-state index in [4.69, 9.17) is 0 Å². The van der Waals surface area contributed by atoms with Gasteiger partial charge in [-0.05, 0) is 134 Å². The largest absolute Gasteiger partial charge is 0.478 e. The maximum atomic E-state index is 13.9. The Morgan fingerprint density at radius 3 is 2.38 bits per heavy atom. The quantitative estimate of drug-likeness (QED) is 0.375. The van der Waals surface area contributed by atoms with Crippen LogP contribution in [0.25, 0.3) is 5.57 Å². The fourth-order valence-electron chi connectivity index (χ4n) is 11.5. The summed E-state index contributed by atoms with van der Waals surface area (Å²) in [6, 6.07) is 7.53. The van der Waals surface area contributed by atoms with Gasteiger partial charge in [-0.2, -0.15) is 0 Å². The zero-order chi connectivity index (χ0) is 29.4. The highest BCUT2D eigenvalue weighted by atomic mass is 32.1. The van der Waals surface area contributed by atoms with E-state index in [2.05, 4.69) is 37.1 Å². The van der Waals surface area contributed by atoms with Crippen molar-refractivity contribution in [1.29, 1.82) is 0 Å². The number of amides is 1. The number of fused-ring (bicyclic) bond motifs is 7. The summed E-state index contributed by atoms with van der Waals surface area (Å²) in [6.45, 7) is 9.52. The summed E-state index contributed by atoms with van der Waals surface area (Å²) in [5.41, 5.74) is 3.04. The second-order valence-corrected chi connectivity index (χ2v) is 16.4. The van der Waals surface area contributed by atoms with Crippen LogP contribution in [0.15, 0.2) is 36.5 Å². The predicted molar refractivity (Wildman–Crippen MR) is 168 cm³/mol. The molecule has 5 aliphatic carbocycles. The number of hydrogen-bond donors (Lipinski definition) is 2. The number of benzene rings is 1. The van der Waals surface area contributed by atoms with Crippen molar-refractivity contribution < 1.29 is 14.7 Å². The molecule has 5 aliphatic rings. The number of thiazole rings is 1. The van der Waals surface area contributed by atoms with Gasteiger partial charge in [-0.15, -0.1) is 11.3 Å². The predicted octanol–water partition coefficient (Wildman–Crippen LogP) is 8.86. The minimum absolute atomic E-state index is 0.0407. The highest BCUT2D eigenvalue weighted by molar-refractivity contribution is 7.15. The number of allylic oxidation sites excluding steroid dienone is 2. The van der Waals surface area contributed by atoms with E-state index in [1.807, 2.05) is 25.3 Å². The minimum Gasteiger partial charge on any atom is -0.478 e. The smallest absolute Gasteiger partial charge is 0.335 e. The van der Waals surface area contributed by atoms with Gasteiger partial charge in [-0.3, -0.25) is 4.79 Å². The minimum atomic E-state index is -0.868. The molecular formula is C36H46N2O3S. The molecule has 0 spiro atoms. The van der Waals surface area contributed by atoms with Gasteiger partial charge in [0.2, 0.25) is 5.91 Å². The monoisotopic (exact) mass is 586 g/mol. The van der Waals surface area contributed by atoms with Crippen LogP contribution in [0, 0.1) is 58.7 Å². The van der Waals surface area contributed by atoms with Crippen molar-refractivity contribution in [3.8, 4) is 0 Å². The van der Waals surface area contributed by atoms with Crippen LogP contribution in [0.5, 0.6) is 0 Å². The molecule has 2 aromatic rings. The Morgan fingerprint density at radius 1 is 0.929 bits per heavy atom. The number of hydrogen-bond acceptors (Lipinski definition) is 4. The summed E-state index contributed by atoms with van der Waals surface area (Å²) >= 11 is 1.59. The Balaban J connectivity index is 1.13. The van der Waals surface area contributed by atoms with Crippen LogP contribution in [0.4, 0.5) is 5.13 Å². The molecule has 0 saturated heterocycles. The lowest BCUT2D eigenvalue weighted by molar-refractivity contribution is -0.147. The molecule has 4 saturated carbocycles. The molecule has 224 valence electrons. The summed E-state index contributed by atoms with van der Waals surface area (Å²) in [7, 11) is 0. The van der Waals surface area contributed by atoms with Gasteiger partial charge >= 0.3 is 5.97 Å². The van der Waals surface area contributed by atoms with E-state index in [1.165, 1.54) is 56.1 Å². The molecule has 1 heterocycles. The Bertz CT molecular complexity index is 1430. The van der Waals surface area contributed by atoms with Crippen molar-refractivity contribution in [2.45, 2.75) is 91.9 Å². The van der Waals surface area contributed by atoms with Gasteiger partial charge in [-0.25, -0.2) is 9.78 Å². The van der Waals surface area contributed by atoms with Crippen LogP contribution in [0.2, 0.25) is 0 Å². The number of carboxylic acids is 1. The zero-order valence-corrected chi connectivity index (χ0v) is 26.4. The lowest BCUT2D eigenvalue weighted by Crippen LogP contribution is -2.57. The first kappa shape index (κ1) is 28.3. The number of anilines is 1. The van der Waals surface area contributed by atoms with Crippen molar-refractivity contribution in [1.82, 2.24) is 4.98 Å². The van der Waals surface area contributed by atoms with Crippen molar-refractivity contribution in [3.05, 3.63) is 52.5 Å². The Kier molecular flexibility index (Phi) is 6.77. The zero-order valence-electron chi connectivity index (χ0n) is 25.6. The number of aromatic carboxylic acids is 1. The fraction of sp³-hybridized carbons (Fsp3) is 0.639. The highest BCUT2D eigenvalue weighted by Gasteiger charge is 2.63. The van der Waals surface area contributed by atoms with Crippen LogP contribution >= 0.6 is 11.3 Å². The molecule has 8 atom stereocenters. The number of aryl methyl sites for hydroxylation is 1. The van der Waals surface area contributed by atoms with E-state index >= 15 is 0 Å². The molecule has 0 bridgehead atoms. The first-order chi connectivity index (χ1) is 20.0. The van der Waals surface area contributed by atoms with Crippen LogP contribution in [0.3, 0.4) is 0 Å². The molecule has 1 amide bonds. The molecule has 2 N–H and O–H groups in total. The first-order valence-corrected chi connectivity index (χ1v) is 17.1. The number of nitrogens with zero attached hydrogens (tertiary/aromatic N) is 1. The molecule has 1 aromatic carbocycles. The number of carbonyl (C=O) groups excluding carboxylic acids is 1. The first-order valence-electron chi connectivity index (χ1n) is 16.3. The summed E-state index contributed by atoms with van der Waals surface area (Å²) in [4.78, 5) is 30.9. The Hall–Kier alpha value is -2.47. The maximum Gasteiger partial charge on any atom is 0.335 e. The number of aromatic nitrogens is 1. The van der Waals surface area contributed by atoms with E-state index in [0.29, 0.717) is 23.3 Å². The Morgan fingerprint density at radius 2 is 1.67 bits per heavy atom. The third kappa shape index (κ3) is 4.17. The molecule has 6 heteroatoms. The van der Waals surface area contributed by atoms with E-state index in [0.717, 1.165) is 47.0 Å². The standard InChI is InChI=1S/C36H46N2O3S/c1-21-20-37-33(42-21)38-32(41)36-17-5-6-29(36)26-11-13-28-25(24(26)15-19-36)12-14-30-34(2,3)27(16-18-35(28,30)4)22-7-9-23(10-8-22)31(39)40/h7-10,16,20,24-26,28-30H,5-6,11-15,17-19H2,1-4H3,(H,39,40)(H,37,38,41)/t24?,25?,26?,28?,29?,30?,35-,36+/m1/s1. The van der Waals surface area contributed by atoms with Gasteiger partial charge in [0.1, 0.15) is 0 Å². The lowest BCUT2D eigenvalue weighted by Gasteiger charge is -2.64. The highest BCUT2D eigenvalue weighted by Crippen LogP contribution is 2.69. The second-order valence-electron chi connectivity index (χ2n) is 15.2. The van der Waals surface area contributed by atoms with E-state index < -0.39 is 5.97 Å². The SMILES string of the molecule is Cc1cnc(NC(=O)[C@]23CCCC2C2CCC4C(CCC5C(C)(C)C(c6ccc(C(=O)O)cc6)=CC[C@]45C)C2CC3)s1. The molecule has 0 aliphatic heterocycles. The second kappa shape index (κ2) is 10.0. The van der Waals surface area contributed by atoms with Gasteiger partial charge in [0, 0.05) is 11.1 Å². The molecule has 6 unspecified atom stereocenters. The van der Waals surface area contributed by atoms with Gasteiger partial charge in [0.05, 0.1) is 11.0 Å². The Labute approximate surface area is 254 Å². The summed E-state index contributed by atoms with van der Waals surface area (Å²) in [6.07, 6.45) is 16.3. The maximum absolute atomic E-state index is 13.9. The average molecular weight is 587 g/mol. The van der Waals surface area contributed by atoms with Gasteiger partial charge in [0.25, 0.3) is 0 Å². The summed E-state index contributed by atoms with van der Waals surface area (Å²) in [5, 5.41) is 13.4. The summed E-state index contributed by atoms with van der Waals surface area (Å²) < 4.78 is 0. The lowest BCUT2D eigenvalue weighted by atomic mass is 9.40. The summed E-state index contributed by atoms with van der Waals surface area (Å²) in [5.74, 6) is 3.47. The van der Waals surface area contributed by atoms with Crippen molar-refractivity contribution in [2.75, 3.05) is 5.32 Å². The van der Waals surface area contributed by atoms with E-state index in [9.17, 15) is 14.7 Å². The van der Waals surface area contributed by atoms with Gasteiger partial charge in [0.15, 0.2) is 5.13 Å². The van der Waals surface area contributed by atoms with Crippen molar-refractivity contribution in [2.24, 2.45) is 51.8 Å². The van der Waals surface area contributed by atoms with E-state index in [1.54, 1.807) is 23.5 Å². The van der Waals surface area contributed by atoms with Crippen LogP contribution < -0.4 is 5.32 Å². The van der Waals surface area contributed by atoms with Gasteiger partial charge in [-0.1, -0.05) is 45.4 Å². The van der Waals surface area contributed by atoms with Crippen LogP contribution in [-0.2, 0) is 4.79 Å². The molecule has 1 aromatic heterocycles. The topological polar surface area (TPSA) is 79.3 Å². The molecule has 0 radical (unpaired) electrons. The van der Waals surface area contributed by atoms with Crippen molar-refractivity contribution >= 4 is 33.9 Å². The molecule has 42 heavy (non-hydrogen) atoms. The molecular weight excluding hydrogens is 540 g/mol. The number of rotatable bonds is 4. The third-order valence-electron chi connectivity index (χ3n) is 13.2. The number of carboxylic acid groups (broad SMARTS) is 1. The van der Waals surface area contributed by atoms with Crippen LogP contribution in [-0.4, -0.2) is 22.0 Å². The fourth-order valence-corrected chi connectivity index (χ4v) is 12.2. The number of carbonyl (C=O) groups is 2. The van der Waals surface area contributed by atoms with Crippen molar-refractivity contribution in [3.63, 3.8) is 0 Å². The molecule has 7 rings (SSSR count). The third-order valence-corrected chi connectivity index (χ3v) is 14.0. The van der Waals surface area contributed by atoms with Gasteiger partial charge < -0.3 is 10.4 Å². The number of nitrogens with one attached hydrogen (secondary N) is 1. The molecule has 4 fully saturated rings. The molecule has 5 nitrogen and oxygen atoms in total.